The summed E-state index contributed by atoms with van der Waals surface area (Å²) in [4.78, 5) is 12.6. The van der Waals surface area contributed by atoms with Crippen LogP contribution in [0.1, 0.15) is 52.7 Å². The summed E-state index contributed by atoms with van der Waals surface area (Å²) >= 11 is 6.40. The van der Waals surface area contributed by atoms with Crippen LogP contribution >= 0.6 is 11.6 Å². The Kier molecular flexibility index (Phi) is 6.40. The molecule has 5 aromatic rings. The molecule has 2 aromatic carbocycles. The number of aryl methyl sites for hydroxylation is 1. The van der Waals surface area contributed by atoms with Crippen LogP contribution in [0.4, 0.5) is 17.2 Å². The van der Waals surface area contributed by atoms with Crippen LogP contribution in [-0.4, -0.2) is 47.6 Å². The van der Waals surface area contributed by atoms with Crippen molar-refractivity contribution < 1.29 is 0 Å². The molecule has 42 heavy (non-hydrogen) atoms. The van der Waals surface area contributed by atoms with Crippen molar-refractivity contribution in [2.24, 2.45) is 4.99 Å². The van der Waals surface area contributed by atoms with E-state index in [9.17, 15) is 5.41 Å². The summed E-state index contributed by atoms with van der Waals surface area (Å²) in [6.07, 6.45) is 4.61. The number of aromatic nitrogens is 6. The Hall–Kier alpha value is -4.28. The largest absolute Gasteiger partial charge is 0.311 e. The molecule has 11 heteroatoms. The number of nitrogens with zero attached hydrogens (tertiary/aromatic N) is 7. The summed E-state index contributed by atoms with van der Waals surface area (Å²) in [5.74, 6) is 1.07. The number of benzene rings is 2. The minimum atomic E-state index is -0.689. The molecule has 0 radical (unpaired) electrons. The number of quaternary nitrogens is 1. The predicted octanol–water partition coefficient (Wildman–Crippen LogP) is 6.37. The molecule has 6 rings (SSSR count). The minimum absolute atomic E-state index is 0.0313. The third-order valence-corrected chi connectivity index (χ3v) is 8.05. The first-order valence-corrected chi connectivity index (χ1v) is 14.3. The first-order chi connectivity index (χ1) is 19.8. The highest BCUT2D eigenvalue weighted by Gasteiger charge is 2.57. The van der Waals surface area contributed by atoms with E-state index in [1.165, 1.54) is 0 Å². The predicted molar refractivity (Wildman–Crippen MR) is 168 cm³/mol. The Morgan fingerprint density at radius 2 is 1.50 bits per heavy atom. The fourth-order valence-electron chi connectivity index (χ4n) is 5.77. The van der Waals surface area contributed by atoms with E-state index in [2.05, 4.69) is 103 Å². The van der Waals surface area contributed by atoms with Crippen molar-refractivity contribution in [3.63, 3.8) is 0 Å². The third kappa shape index (κ3) is 4.24. The molecule has 0 saturated heterocycles. The molecule has 1 aliphatic heterocycles. The number of nitrogens with one attached hydrogen (secondary N) is 3. The standard InChI is InChI=1S/C31H36ClN10/c1-19-8-12-21(13-9-19)42(22-14-10-20(32)11-15-22)25(33)23-16-35-39-28(23)41(31(5,6)7)29(42)37-26-24-17-36-38-27(24)40(18-34-26)30(2,3)4/h8-18,29,33H,1-7H3,(H,35,39)(H,36,38)/q+1. The van der Waals surface area contributed by atoms with Crippen molar-refractivity contribution >= 4 is 45.7 Å². The average Bonchev–Trinajstić information content (AvgIpc) is 3.60. The summed E-state index contributed by atoms with van der Waals surface area (Å²) in [6.45, 7) is 14.8. The number of amidine groups is 1. The lowest BCUT2D eigenvalue weighted by atomic mass is 9.98. The lowest BCUT2D eigenvalue weighted by Crippen LogP contribution is -2.70. The van der Waals surface area contributed by atoms with Gasteiger partial charge in [0.25, 0.3) is 6.29 Å². The van der Waals surface area contributed by atoms with Gasteiger partial charge in [-0.3, -0.25) is 15.1 Å². The molecule has 0 saturated carbocycles. The van der Waals surface area contributed by atoms with Gasteiger partial charge in [-0.2, -0.15) is 19.7 Å². The fourth-order valence-corrected chi connectivity index (χ4v) is 5.90. The smallest absolute Gasteiger partial charge is 0.282 e. The Bertz CT molecular complexity index is 1800. The molecule has 3 aromatic heterocycles. The van der Waals surface area contributed by atoms with Crippen LogP contribution in [0.5, 0.6) is 0 Å². The second kappa shape index (κ2) is 9.64. The van der Waals surface area contributed by atoms with Crippen molar-refractivity contribution in [1.29, 1.82) is 5.41 Å². The van der Waals surface area contributed by atoms with E-state index in [0.717, 1.165) is 33.8 Å². The normalized spacial score (nSPS) is 19.9. The maximum Gasteiger partial charge on any atom is 0.282 e. The van der Waals surface area contributed by atoms with Gasteiger partial charge in [0, 0.05) is 40.4 Å². The molecular weight excluding hydrogens is 548 g/mol. The van der Waals surface area contributed by atoms with Gasteiger partial charge in [-0.1, -0.05) is 29.3 Å². The van der Waals surface area contributed by atoms with E-state index in [-0.39, 0.29) is 10.0 Å². The molecule has 3 N–H and O–H groups in total. The van der Waals surface area contributed by atoms with Crippen LogP contribution in [0, 0.1) is 12.3 Å². The summed E-state index contributed by atoms with van der Waals surface area (Å²) in [6, 6.07) is 16.0. The fraction of sp³-hybridized carbons (Fsp3) is 0.323. The van der Waals surface area contributed by atoms with Gasteiger partial charge in [0.1, 0.15) is 28.4 Å². The molecular formula is C31H36ClN10+. The van der Waals surface area contributed by atoms with Gasteiger partial charge in [-0.15, -0.1) is 0 Å². The molecule has 2 unspecified atom stereocenters. The monoisotopic (exact) mass is 583 g/mol. The van der Waals surface area contributed by atoms with E-state index >= 15 is 0 Å². The number of halogens is 1. The summed E-state index contributed by atoms with van der Waals surface area (Å²) in [7, 11) is 0. The highest BCUT2D eigenvalue weighted by atomic mass is 35.5. The van der Waals surface area contributed by atoms with E-state index in [1.54, 1.807) is 18.7 Å². The Labute approximate surface area is 249 Å². The van der Waals surface area contributed by atoms with E-state index < -0.39 is 11.8 Å². The van der Waals surface area contributed by atoms with Crippen molar-refractivity contribution in [2.75, 3.05) is 4.90 Å². The topological polar surface area (TPSA) is 115 Å². The number of hydrogen-bond donors (Lipinski definition) is 3. The second-order valence-corrected chi connectivity index (χ2v) is 13.2. The number of H-pyrrole nitrogens is 2. The highest BCUT2D eigenvalue weighted by molar-refractivity contribution is 6.30. The maximum absolute atomic E-state index is 9.86. The van der Waals surface area contributed by atoms with Crippen molar-refractivity contribution in [3.8, 4) is 0 Å². The summed E-state index contributed by atoms with van der Waals surface area (Å²) < 4.78 is 2.03. The van der Waals surface area contributed by atoms with Crippen LogP contribution in [0.15, 0.2) is 72.2 Å². The zero-order chi connectivity index (χ0) is 30.0. The van der Waals surface area contributed by atoms with E-state index in [0.29, 0.717) is 21.9 Å². The first-order valence-electron chi connectivity index (χ1n) is 13.9. The minimum Gasteiger partial charge on any atom is -0.311 e. The zero-order valence-electron chi connectivity index (χ0n) is 24.9. The number of anilines is 1. The van der Waals surface area contributed by atoms with Gasteiger partial charge >= 0.3 is 0 Å². The number of aromatic amines is 2. The molecule has 0 spiro atoms. The average molecular weight is 584 g/mol. The van der Waals surface area contributed by atoms with Gasteiger partial charge < -0.3 is 4.57 Å². The van der Waals surface area contributed by atoms with Gasteiger partial charge in [-0.05, 0) is 60.6 Å². The lowest BCUT2D eigenvalue weighted by Gasteiger charge is -2.52. The molecule has 216 valence electrons. The SMILES string of the molecule is Cc1ccc([N+]2(c3ccc(Cl)cc3)C(=N)c3cn[nH]c3N(C(C)(C)C)C2N=c2ncn(C(C)(C)C)c3[nH]ncc23)cc1. The van der Waals surface area contributed by atoms with Gasteiger partial charge in [0.15, 0.2) is 5.49 Å². The molecule has 4 heterocycles. The molecule has 2 atom stereocenters. The van der Waals surface area contributed by atoms with Gasteiger partial charge in [0.05, 0.1) is 24.1 Å². The highest BCUT2D eigenvalue weighted by Crippen LogP contribution is 2.48. The second-order valence-electron chi connectivity index (χ2n) is 12.8. The maximum atomic E-state index is 9.86. The van der Waals surface area contributed by atoms with Crippen LogP contribution in [0.25, 0.3) is 11.0 Å². The Balaban J connectivity index is 1.77. The van der Waals surface area contributed by atoms with Crippen LogP contribution < -0.4 is 14.9 Å². The van der Waals surface area contributed by atoms with E-state index in [4.69, 9.17) is 21.6 Å². The third-order valence-electron chi connectivity index (χ3n) is 7.80. The van der Waals surface area contributed by atoms with Crippen molar-refractivity contribution in [3.05, 3.63) is 88.9 Å². The van der Waals surface area contributed by atoms with Crippen LogP contribution in [-0.2, 0) is 5.54 Å². The first kappa shape index (κ1) is 27.9. The molecule has 0 bridgehead atoms. The molecule has 0 aliphatic carbocycles. The summed E-state index contributed by atoms with van der Waals surface area (Å²) in [5, 5.41) is 26.4. The Morgan fingerprint density at radius 1 is 0.881 bits per heavy atom. The number of rotatable bonds is 3. The van der Waals surface area contributed by atoms with Crippen LogP contribution in [0.2, 0.25) is 5.02 Å². The van der Waals surface area contributed by atoms with Crippen molar-refractivity contribution in [1.82, 2.24) is 34.4 Å². The lowest BCUT2D eigenvalue weighted by molar-refractivity contribution is 0.314. The van der Waals surface area contributed by atoms with Gasteiger partial charge in [0.2, 0.25) is 5.84 Å². The molecule has 0 fully saturated rings. The number of fused-ring (bicyclic) bond motifs is 2. The number of hydrogen-bond acceptors (Lipinski definition) is 6. The molecule has 10 nitrogen and oxygen atoms in total. The van der Waals surface area contributed by atoms with E-state index in [1.807, 2.05) is 24.3 Å². The zero-order valence-corrected chi connectivity index (χ0v) is 25.7. The molecule has 0 amide bonds. The van der Waals surface area contributed by atoms with Crippen molar-refractivity contribution in [2.45, 2.75) is 65.8 Å². The quantitative estimate of drug-likeness (QED) is 0.214. The van der Waals surface area contributed by atoms with Crippen LogP contribution in [0.3, 0.4) is 0 Å². The Morgan fingerprint density at radius 3 is 2.12 bits per heavy atom. The summed E-state index contributed by atoms with van der Waals surface area (Å²) in [5.41, 5.74) is 4.23. The molecule has 1 aliphatic rings. The van der Waals surface area contributed by atoms with Gasteiger partial charge in [-0.25, -0.2) is 10.4 Å².